The molecule has 4 nitrogen and oxygen atoms in total. The molecule has 0 saturated heterocycles. The van der Waals surface area contributed by atoms with Crippen LogP contribution in [0.1, 0.15) is 15.9 Å². The van der Waals surface area contributed by atoms with Gasteiger partial charge in [0.2, 0.25) is 0 Å². The van der Waals surface area contributed by atoms with Gasteiger partial charge in [0.05, 0.1) is 19.3 Å². The van der Waals surface area contributed by atoms with Crippen LogP contribution in [-0.4, -0.2) is 26.7 Å². The number of ether oxygens (including phenoxy) is 2. The van der Waals surface area contributed by atoms with E-state index in [1.165, 1.54) is 7.11 Å². The van der Waals surface area contributed by atoms with Crippen molar-refractivity contribution in [1.82, 2.24) is 0 Å². The number of anilines is 1. The Hall–Kier alpha value is -2.20. The highest BCUT2D eigenvalue weighted by Crippen LogP contribution is 2.23. The van der Waals surface area contributed by atoms with E-state index in [0.717, 1.165) is 12.0 Å². The molecule has 0 unspecified atom stereocenters. The summed E-state index contributed by atoms with van der Waals surface area (Å²) in [6, 6.07) is 12.9. The summed E-state index contributed by atoms with van der Waals surface area (Å²) in [5, 5.41) is 3.67. The Bertz CT molecular complexity index is 658. The van der Waals surface area contributed by atoms with Crippen molar-refractivity contribution in [3.8, 4) is 5.75 Å². The van der Waals surface area contributed by atoms with Crippen molar-refractivity contribution in [3.05, 3.63) is 58.6 Å². The molecule has 0 aromatic heterocycles. The Labute approximate surface area is 135 Å². The normalized spacial score (nSPS) is 10.1. The van der Waals surface area contributed by atoms with Crippen LogP contribution < -0.4 is 10.1 Å². The topological polar surface area (TPSA) is 47.6 Å². The van der Waals surface area contributed by atoms with E-state index in [0.29, 0.717) is 28.6 Å². The number of esters is 1. The molecule has 2 aromatic carbocycles. The third kappa shape index (κ3) is 4.15. The molecule has 0 amide bonds. The van der Waals surface area contributed by atoms with Crippen LogP contribution in [0.3, 0.4) is 0 Å². The lowest BCUT2D eigenvalue weighted by Gasteiger charge is -2.11. The minimum Gasteiger partial charge on any atom is -0.493 e. The van der Waals surface area contributed by atoms with Gasteiger partial charge in [0, 0.05) is 24.2 Å². The SMILES string of the molecule is CNc1ccc(OCCc2cccc(Cl)c2)cc1C(=O)OC. The van der Waals surface area contributed by atoms with Gasteiger partial charge in [-0.2, -0.15) is 0 Å². The lowest BCUT2D eigenvalue weighted by Crippen LogP contribution is -2.07. The molecule has 5 heteroatoms. The molecule has 116 valence electrons. The van der Waals surface area contributed by atoms with Gasteiger partial charge >= 0.3 is 5.97 Å². The number of carbonyl (C=O) groups excluding carboxylic acids is 1. The quantitative estimate of drug-likeness (QED) is 0.823. The maximum absolute atomic E-state index is 11.7. The van der Waals surface area contributed by atoms with E-state index in [-0.39, 0.29) is 0 Å². The minimum atomic E-state index is -0.398. The summed E-state index contributed by atoms with van der Waals surface area (Å²) in [4.78, 5) is 11.7. The van der Waals surface area contributed by atoms with Crippen molar-refractivity contribution in [2.24, 2.45) is 0 Å². The zero-order valence-corrected chi connectivity index (χ0v) is 13.3. The molecule has 0 heterocycles. The molecule has 0 radical (unpaired) electrons. The van der Waals surface area contributed by atoms with Gasteiger partial charge < -0.3 is 14.8 Å². The van der Waals surface area contributed by atoms with Gasteiger partial charge in [-0.3, -0.25) is 0 Å². The van der Waals surface area contributed by atoms with Crippen LogP contribution in [0.25, 0.3) is 0 Å². The molecule has 2 aromatic rings. The Morgan fingerprint density at radius 2 is 2.05 bits per heavy atom. The molecular weight excluding hydrogens is 302 g/mol. The third-order valence-corrected chi connectivity index (χ3v) is 3.45. The first-order chi connectivity index (χ1) is 10.6. The van der Waals surface area contributed by atoms with Crippen LogP contribution >= 0.6 is 11.6 Å². The summed E-state index contributed by atoms with van der Waals surface area (Å²) in [6.07, 6.45) is 0.738. The number of halogens is 1. The molecule has 0 bridgehead atoms. The smallest absolute Gasteiger partial charge is 0.340 e. The predicted molar refractivity (Wildman–Crippen MR) is 88.0 cm³/mol. The summed E-state index contributed by atoms with van der Waals surface area (Å²) >= 11 is 5.95. The first kappa shape index (κ1) is 16.2. The van der Waals surface area contributed by atoms with E-state index in [9.17, 15) is 4.79 Å². The van der Waals surface area contributed by atoms with E-state index in [4.69, 9.17) is 21.1 Å². The number of hydrogen-bond acceptors (Lipinski definition) is 4. The number of carbonyl (C=O) groups is 1. The monoisotopic (exact) mass is 319 g/mol. The van der Waals surface area contributed by atoms with Gasteiger partial charge in [-0.15, -0.1) is 0 Å². The van der Waals surface area contributed by atoms with E-state index in [1.807, 2.05) is 30.3 Å². The summed E-state index contributed by atoms with van der Waals surface area (Å²) in [5.41, 5.74) is 2.26. The summed E-state index contributed by atoms with van der Waals surface area (Å²) < 4.78 is 10.5. The second kappa shape index (κ2) is 7.71. The second-order valence-corrected chi connectivity index (χ2v) is 5.11. The van der Waals surface area contributed by atoms with Crippen molar-refractivity contribution < 1.29 is 14.3 Å². The maximum atomic E-state index is 11.7. The van der Waals surface area contributed by atoms with Gasteiger partial charge in [0.25, 0.3) is 0 Å². The number of rotatable bonds is 6. The van der Waals surface area contributed by atoms with Crippen LogP contribution in [0.4, 0.5) is 5.69 Å². The molecule has 0 fully saturated rings. The molecule has 0 atom stereocenters. The molecule has 0 aliphatic heterocycles. The van der Waals surface area contributed by atoms with Crippen molar-refractivity contribution in [2.75, 3.05) is 26.1 Å². The zero-order valence-electron chi connectivity index (χ0n) is 12.6. The Morgan fingerprint density at radius 3 is 2.73 bits per heavy atom. The van der Waals surface area contributed by atoms with E-state index in [2.05, 4.69) is 5.32 Å². The van der Waals surface area contributed by atoms with Crippen molar-refractivity contribution in [3.63, 3.8) is 0 Å². The molecule has 0 aliphatic rings. The van der Waals surface area contributed by atoms with Gasteiger partial charge in [-0.05, 0) is 35.9 Å². The van der Waals surface area contributed by atoms with Crippen LogP contribution in [-0.2, 0) is 11.2 Å². The predicted octanol–water partition coefficient (Wildman–Crippen LogP) is 3.79. The standard InChI is InChI=1S/C17H18ClNO3/c1-19-16-7-6-14(11-15(16)17(20)21-2)22-9-8-12-4-3-5-13(18)10-12/h3-7,10-11,19H,8-9H2,1-2H3. The number of hydrogen-bond donors (Lipinski definition) is 1. The highest BCUT2D eigenvalue weighted by molar-refractivity contribution is 6.30. The number of methoxy groups -OCH3 is 1. The zero-order chi connectivity index (χ0) is 15.9. The van der Waals surface area contributed by atoms with E-state index in [1.54, 1.807) is 19.2 Å². The molecule has 1 N–H and O–H groups in total. The molecule has 0 aliphatic carbocycles. The first-order valence-corrected chi connectivity index (χ1v) is 7.29. The highest BCUT2D eigenvalue weighted by Gasteiger charge is 2.12. The maximum Gasteiger partial charge on any atom is 0.340 e. The Morgan fingerprint density at radius 1 is 1.23 bits per heavy atom. The number of nitrogens with one attached hydrogen (secondary N) is 1. The Balaban J connectivity index is 2.02. The summed E-state index contributed by atoms with van der Waals surface area (Å²) in [6.45, 7) is 0.500. The van der Waals surface area contributed by atoms with Gasteiger partial charge in [0.15, 0.2) is 0 Å². The minimum absolute atomic E-state index is 0.398. The van der Waals surface area contributed by atoms with E-state index >= 15 is 0 Å². The third-order valence-electron chi connectivity index (χ3n) is 3.21. The fourth-order valence-corrected chi connectivity index (χ4v) is 2.30. The summed E-state index contributed by atoms with van der Waals surface area (Å²) in [7, 11) is 3.11. The molecule has 0 saturated carbocycles. The Kier molecular flexibility index (Phi) is 5.67. The molecule has 2 rings (SSSR count). The van der Waals surface area contributed by atoms with Crippen LogP contribution in [0.15, 0.2) is 42.5 Å². The lowest BCUT2D eigenvalue weighted by atomic mass is 10.1. The fraction of sp³-hybridized carbons (Fsp3) is 0.235. The van der Waals surface area contributed by atoms with Crippen LogP contribution in [0.5, 0.6) is 5.75 Å². The van der Waals surface area contributed by atoms with Crippen molar-refractivity contribution in [2.45, 2.75) is 6.42 Å². The molecular formula is C17H18ClNO3. The average molecular weight is 320 g/mol. The van der Waals surface area contributed by atoms with Gasteiger partial charge in [-0.1, -0.05) is 23.7 Å². The molecule has 22 heavy (non-hydrogen) atoms. The number of benzene rings is 2. The van der Waals surface area contributed by atoms with Crippen molar-refractivity contribution in [1.29, 1.82) is 0 Å². The van der Waals surface area contributed by atoms with Crippen LogP contribution in [0, 0.1) is 0 Å². The van der Waals surface area contributed by atoms with Gasteiger partial charge in [-0.25, -0.2) is 4.79 Å². The largest absolute Gasteiger partial charge is 0.493 e. The fourth-order valence-electron chi connectivity index (χ4n) is 2.09. The first-order valence-electron chi connectivity index (χ1n) is 6.91. The van der Waals surface area contributed by atoms with E-state index < -0.39 is 5.97 Å². The second-order valence-electron chi connectivity index (χ2n) is 4.68. The van der Waals surface area contributed by atoms with Crippen molar-refractivity contribution >= 4 is 23.3 Å². The van der Waals surface area contributed by atoms with Gasteiger partial charge in [0.1, 0.15) is 5.75 Å². The highest BCUT2D eigenvalue weighted by atomic mass is 35.5. The lowest BCUT2D eigenvalue weighted by molar-refractivity contribution is 0.0601. The summed E-state index contributed by atoms with van der Waals surface area (Å²) in [5.74, 6) is 0.228. The van der Waals surface area contributed by atoms with Crippen LogP contribution in [0.2, 0.25) is 5.02 Å². The average Bonchev–Trinajstić information content (AvgIpc) is 2.54. The molecule has 0 spiro atoms.